The number of amides is 1. The Balaban J connectivity index is 2.15. The van der Waals surface area contributed by atoms with Crippen LogP contribution in [-0.2, 0) is 11.2 Å². The van der Waals surface area contributed by atoms with E-state index in [9.17, 15) is 4.79 Å². The zero-order chi connectivity index (χ0) is 12.3. The molecule has 0 radical (unpaired) electrons. The molecule has 0 saturated carbocycles. The summed E-state index contributed by atoms with van der Waals surface area (Å²) >= 11 is 0. The summed E-state index contributed by atoms with van der Waals surface area (Å²) in [4.78, 5) is 14.1. The summed E-state index contributed by atoms with van der Waals surface area (Å²) in [5.41, 5.74) is 2.32. The summed E-state index contributed by atoms with van der Waals surface area (Å²) in [7, 11) is 0. The van der Waals surface area contributed by atoms with Crippen molar-refractivity contribution in [1.29, 1.82) is 0 Å². The van der Waals surface area contributed by atoms with Crippen molar-refractivity contribution in [3.63, 3.8) is 0 Å². The molecule has 1 fully saturated rings. The molecule has 1 unspecified atom stereocenters. The maximum absolute atomic E-state index is 12.2. The molecule has 1 aromatic carbocycles. The van der Waals surface area contributed by atoms with Crippen molar-refractivity contribution in [3.8, 4) is 0 Å². The Kier molecular flexibility index (Phi) is 3.79. The van der Waals surface area contributed by atoms with Crippen LogP contribution in [0.25, 0.3) is 0 Å². The number of nitrogens with one attached hydrogen (secondary N) is 1. The fourth-order valence-electron chi connectivity index (χ4n) is 2.32. The Bertz CT molecular complexity index is 403. The van der Waals surface area contributed by atoms with Crippen LogP contribution < -0.4 is 10.2 Å². The summed E-state index contributed by atoms with van der Waals surface area (Å²) in [6.45, 7) is 5.84. The van der Waals surface area contributed by atoms with Gasteiger partial charge >= 0.3 is 0 Å². The summed E-state index contributed by atoms with van der Waals surface area (Å²) in [5, 5.41) is 3.23. The Morgan fingerprint density at radius 1 is 1.41 bits per heavy atom. The van der Waals surface area contributed by atoms with Crippen LogP contribution in [0.1, 0.15) is 25.8 Å². The van der Waals surface area contributed by atoms with Crippen molar-refractivity contribution >= 4 is 11.6 Å². The molecule has 0 spiro atoms. The first-order valence-corrected chi connectivity index (χ1v) is 6.40. The molecule has 1 aliphatic rings. The number of likely N-dealkylation sites (N-methyl/N-ethyl adjacent to an activating group) is 1. The van der Waals surface area contributed by atoms with Gasteiger partial charge in [0.05, 0.1) is 6.04 Å². The zero-order valence-corrected chi connectivity index (χ0v) is 10.6. The molecule has 1 saturated heterocycles. The molecule has 0 aliphatic carbocycles. The summed E-state index contributed by atoms with van der Waals surface area (Å²) < 4.78 is 0. The van der Waals surface area contributed by atoms with Gasteiger partial charge < -0.3 is 10.2 Å². The van der Waals surface area contributed by atoms with Crippen molar-refractivity contribution in [2.45, 2.75) is 32.7 Å². The van der Waals surface area contributed by atoms with E-state index in [1.807, 2.05) is 24.0 Å². The third kappa shape index (κ3) is 2.50. The minimum Gasteiger partial charge on any atom is -0.311 e. The van der Waals surface area contributed by atoms with Crippen molar-refractivity contribution in [3.05, 3.63) is 29.8 Å². The van der Waals surface area contributed by atoms with E-state index < -0.39 is 0 Å². The molecule has 92 valence electrons. The van der Waals surface area contributed by atoms with Crippen LogP contribution in [0.5, 0.6) is 0 Å². The molecule has 1 heterocycles. The Labute approximate surface area is 103 Å². The largest absolute Gasteiger partial charge is 0.311 e. The fraction of sp³-hybridized carbons (Fsp3) is 0.500. The highest BCUT2D eigenvalue weighted by molar-refractivity contribution is 5.99. The Hall–Kier alpha value is -1.35. The van der Waals surface area contributed by atoms with Gasteiger partial charge in [0, 0.05) is 12.2 Å². The van der Waals surface area contributed by atoms with E-state index in [1.165, 1.54) is 5.56 Å². The van der Waals surface area contributed by atoms with Gasteiger partial charge in [-0.1, -0.05) is 26.0 Å². The standard InChI is InChI=1S/C14H20N2O/c1-3-11-6-5-7-12(10-11)16-9-8-13(14(16)17)15-4-2/h5-7,10,13,15H,3-4,8-9H2,1-2H3. The molecular weight excluding hydrogens is 212 g/mol. The Morgan fingerprint density at radius 3 is 2.94 bits per heavy atom. The van der Waals surface area contributed by atoms with Crippen LogP contribution in [0.2, 0.25) is 0 Å². The van der Waals surface area contributed by atoms with E-state index in [1.54, 1.807) is 0 Å². The maximum atomic E-state index is 12.2. The van der Waals surface area contributed by atoms with E-state index in [0.717, 1.165) is 31.6 Å². The molecular formula is C14H20N2O. The number of carbonyl (C=O) groups excluding carboxylic acids is 1. The van der Waals surface area contributed by atoms with Crippen molar-refractivity contribution in [2.75, 3.05) is 18.0 Å². The number of aryl methyl sites for hydroxylation is 1. The van der Waals surface area contributed by atoms with Crippen LogP contribution in [0.4, 0.5) is 5.69 Å². The van der Waals surface area contributed by atoms with Gasteiger partial charge in [-0.25, -0.2) is 0 Å². The SMILES string of the molecule is CCNC1CCN(c2cccc(CC)c2)C1=O. The lowest BCUT2D eigenvalue weighted by Crippen LogP contribution is -2.38. The summed E-state index contributed by atoms with van der Waals surface area (Å²) in [5.74, 6) is 0.208. The zero-order valence-electron chi connectivity index (χ0n) is 10.6. The van der Waals surface area contributed by atoms with Crippen LogP contribution in [0.3, 0.4) is 0 Å². The maximum Gasteiger partial charge on any atom is 0.244 e. The first-order valence-electron chi connectivity index (χ1n) is 6.40. The third-order valence-electron chi connectivity index (χ3n) is 3.29. The van der Waals surface area contributed by atoms with E-state index >= 15 is 0 Å². The molecule has 1 N–H and O–H groups in total. The fourth-order valence-corrected chi connectivity index (χ4v) is 2.32. The number of carbonyl (C=O) groups is 1. The molecule has 3 nitrogen and oxygen atoms in total. The second-order valence-electron chi connectivity index (χ2n) is 4.41. The van der Waals surface area contributed by atoms with Gasteiger partial charge in [0.2, 0.25) is 5.91 Å². The second kappa shape index (κ2) is 5.32. The first kappa shape index (κ1) is 12.1. The molecule has 1 atom stereocenters. The lowest BCUT2D eigenvalue weighted by atomic mass is 10.1. The molecule has 2 rings (SSSR count). The molecule has 1 amide bonds. The normalized spacial score (nSPS) is 20.0. The molecule has 1 aromatic rings. The summed E-state index contributed by atoms with van der Waals surface area (Å²) in [6, 6.07) is 8.27. The van der Waals surface area contributed by atoms with Crippen LogP contribution in [-0.4, -0.2) is 25.0 Å². The molecule has 0 bridgehead atoms. The quantitative estimate of drug-likeness (QED) is 0.860. The highest BCUT2D eigenvalue weighted by Crippen LogP contribution is 2.22. The lowest BCUT2D eigenvalue weighted by molar-refractivity contribution is -0.118. The van der Waals surface area contributed by atoms with E-state index in [-0.39, 0.29) is 11.9 Å². The monoisotopic (exact) mass is 232 g/mol. The number of benzene rings is 1. The van der Waals surface area contributed by atoms with Gasteiger partial charge in [-0.2, -0.15) is 0 Å². The predicted molar refractivity (Wildman–Crippen MR) is 70.3 cm³/mol. The van der Waals surface area contributed by atoms with E-state index in [4.69, 9.17) is 0 Å². The van der Waals surface area contributed by atoms with Crippen LogP contribution >= 0.6 is 0 Å². The van der Waals surface area contributed by atoms with E-state index in [2.05, 4.69) is 24.4 Å². The van der Waals surface area contributed by atoms with Crippen LogP contribution in [0, 0.1) is 0 Å². The van der Waals surface area contributed by atoms with Gasteiger partial charge in [0.1, 0.15) is 0 Å². The Morgan fingerprint density at radius 2 is 2.24 bits per heavy atom. The average molecular weight is 232 g/mol. The number of rotatable bonds is 4. The van der Waals surface area contributed by atoms with Crippen molar-refractivity contribution < 1.29 is 4.79 Å². The topological polar surface area (TPSA) is 32.3 Å². The molecule has 17 heavy (non-hydrogen) atoms. The second-order valence-corrected chi connectivity index (χ2v) is 4.41. The van der Waals surface area contributed by atoms with Gasteiger partial charge in [-0.05, 0) is 37.1 Å². The number of nitrogens with zero attached hydrogens (tertiary/aromatic N) is 1. The minimum absolute atomic E-state index is 0.00489. The highest BCUT2D eigenvalue weighted by Gasteiger charge is 2.31. The highest BCUT2D eigenvalue weighted by atomic mass is 16.2. The lowest BCUT2D eigenvalue weighted by Gasteiger charge is -2.17. The number of anilines is 1. The smallest absolute Gasteiger partial charge is 0.244 e. The van der Waals surface area contributed by atoms with Gasteiger partial charge in [0.25, 0.3) is 0 Å². The third-order valence-corrected chi connectivity index (χ3v) is 3.29. The first-order chi connectivity index (χ1) is 8.26. The van der Waals surface area contributed by atoms with Crippen molar-refractivity contribution in [2.24, 2.45) is 0 Å². The molecule has 1 aliphatic heterocycles. The summed E-state index contributed by atoms with van der Waals surface area (Å²) in [6.07, 6.45) is 1.91. The van der Waals surface area contributed by atoms with Gasteiger partial charge in [0.15, 0.2) is 0 Å². The number of hydrogen-bond donors (Lipinski definition) is 1. The van der Waals surface area contributed by atoms with Gasteiger partial charge in [-0.15, -0.1) is 0 Å². The molecule has 0 aromatic heterocycles. The predicted octanol–water partition coefficient (Wildman–Crippen LogP) is 1.96. The van der Waals surface area contributed by atoms with Crippen molar-refractivity contribution in [1.82, 2.24) is 5.32 Å². The number of hydrogen-bond acceptors (Lipinski definition) is 2. The molecule has 3 heteroatoms. The average Bonchev–Trinajstić information content (AvgIpc) is 2.72. The van der Waals surface area contributed by atoms with Crippen LogP contribution in [0.15, 0.2) is 24.3 Å². The minimum atomic E-state index is 0.00489. The van der Waals surface area contributed by atoms with Gasteiger partial charge in [-0.3, -0.25) is 4.79 Å². The van der Waals surface area contributed by atoms with E-state index in [0.29, 0.717) is 0 Å².